The summed E-state index contributed by atoms with van der Waals surface area (Å²) in [6.07, 6.45) is -0.0793. The third kappa shape index (κ3) is 9.62. The van der Waals surface area contributed by atoms with E-state index in [1.54, 1.807) is 0 Å². The summed E-state index contributed by atoms with van der Waals surface area (Å²) in [4.78, 5) is 31.5. The van der Waals surface area contributed by atoms with E-state index in [2.05, 4.69) is 0 Å². The van der Waals surface area contributed by atoms with Crippen LogP contribution in [0.1, 0.15) is 16.7 Å². The Morgan fingerprint density at radius 3 is 0.860 bits per heavy atom. The van der Waals surface area contributed by atoms with Crippen LogP contribution >= 0.6 is 0 Å². The van der Waals surface area contributed by atoms with Gasteiger partial charge in [-0.15, -0.1) is 0 Å². The van der Waals surface area contributed by atoms with Crippen LogP contribution in [0.2, 0.25) is 0 Å². The fraction of sp³-hybridized carbons (Fsp3) is 0.0833. The van der Waals surface area contributed by atoms with E-state index in [4.69, 9.17) is 0 Å². The van der Waals surface area contributed by atoms with E-state index < -0.39 is 17.9 Å². The van der Waals surface area contributed by atoms with Gasteiger partial charge in [-0.05, 0) is 49.0 Å². The Labute approximate surface area is 277 Å². The van der Waals surface area contributed by atoms with E-state index in [0.717, 1.165) is 49.0 Å². The third-order valence-electron chi connectivity index (χ3n) is 6.64. The fourth-order valence-corrected chi connectivity index (χ4v) is 4.81. The zero-order valence-electron chi connectivity index (χ0n) is 23.3. The molecule has 0 N–H and O–H groups in total. The van der Waals surface area contributed by atoms with Gasteiger partial charge in [-0.25, -0.2) is 0 Å². The summed E-state index contributed by atoms with van der Waals surface area (Å²) >= 11 is 0. The van der Waals surface area contributed by atoms with Crippen LogP contribution < -0.4 is 15.3 Å². The van der Waals surface area contributed by atoms with Crippen LogP contribution in [0.3, 0.4) is 0 Å². The van der Waals surface area contributed by atoms with Crippen molar-refractivity contribution in [2.75, 3.05) is 0 Å². The van der Waals surface area contributed by atoms with Crippen molar-refractivity contribution in [3.8, 4) is 0 Å². The predicted octanol–water partition coefficient (Wildman–Crippen LogP) is 3.40. The maximum atomic E-state index is 10.5. The van der Waals surface area contributed by atoms with Crippen LogP contribution in [-0.2, 0) is 33.6 Å². The maximum Gasteiger partial charge on any atom is 3.00 e. The van der Waals surface area contributed by atoms with Gasteiger partial charge in [0.15, 0.2) is 0 Å². The van der Waals surface area contributed by atoms with E-state index in [9.17, 15) is 29.7 Å². The van der Waals surface area contributed by atoms with E-state index in [-0.39, 0.29) is 54.9 Å². The number of carbonyl (C=O) groups excluding carboxylic acids is 3. The molecule has 0 aliphatic heterocycles. The topological polar surface area (TPSA) is 120 Å². The van der Waals surface area contributed by atoms with Gasteiger partial charge in [-0.3, -0.25) is 0 Å². The van der Waals surface area contributed by atoms with Crippen LogP contribution in [0.15, 0.2) is 127 Å². The Hall–Kier alpha value is -4.30. The van der Waals surface area contributed by atoms with Gasteiger partial charge in [-0.1, -0.05) is 127 Å². The SMILES string of the molecule is O=C([O-])Cc1cccc2ccccc12.O=C([O-])Cc1cccc2ccccc12.O=C([O-])Cc1cccc2ccccc12.[La+3]. The van der Waals surface area contributed by atoms with Gasteiger partial charge in [0.2, 0.25) is 0 Å². The van der Waals surface area contributed by atoms with Crippen LogP contribution in [-0.4, -0.2) is 17.9 Å². The number of aliphatic carboxylic acids is 3. The first-order chi connectivity index (χ1) is 20.3. The third-order valence-corrected chi connectivity index (χ3v) is 6.64. The largest absolute Gasteiger partial charge is 3.00 e. The molecule has 6 rings (SSSR count). The van der Waals surface area contributed by atoms with Crippen LogP contribution in [0.5, 0.6) is 0 Å². The first-order valence-electron chi connectivity index (χ1n) is 13.3. The van der Waals surface area contributed by atoms with Gasteiger partial charge in [0, 0.05) is 37.2 Å². The average Bonchev–Trinajstić information content (AvgIpc) is 2.98. The summed E-state index contributed by atoms with van der Waals surface area (Å²) in [7, 11) is 0. The molecule has 7 heteroatoms. The standard InChI is InChI=1S/3C12H10O2.La/c3*13-12(14)8-10-6-3-5-9-4-1-2-7-11(9)10;/h3*1-7H,8H2,(H,13,14);/q;;;+3/p-3. The molecule has 0 bridgehead atoms. The van der Waals surface area contributed by atoms with Gasteiger partial charge >= 0.3 is 35.6 Å². The predicted molar refractivity (Wildman–Crippen MR) is 158 cm³/mol. The van der Waals surface area contributed by atoms with E-state index in [0.29, 0.717) is 0 Å². The number of carbonyl (C=O) groups is 3. The second-order valence-electron chi connectivity index (χ2n) is 9.56. The van der Waals surface area contributed by atoms with Crippen molar-refractivity contribution in [1.29, 1.82) is 0 Å². The van der Waals surface area contributed by atoms with Crippen molar-refractivity contribution in [2.45, 2.75) is 19.3 Å². The molecular formula is C36H27LaO6. The maximum absolute atomic E-state index is 10.5. The van der Waals surface area contributed by atoms with E-state index in [1.165, 1.54) is 0 Å². The van der Waals surface area contributed by atoms with Crippen molar-refractivity contribution >= 4 is 50.2 Å². The van der Waals surface area contributed by atoms with Crippen LogP contribution in [0, 0.1) is 35.6 Å². The van der Waals surface area contributed by atoms with Crippen molar-refractivity contribution in [2.24, 2.45) is 0 Å². The number of rotatable bonds is 6. The number of carboxylic acids is 3. The molecule has 0 heterocycles. The second-order valence-corrected chi connectivity index (χ2v) is 9.56. The number of carboxylic acid groups (broad SMARTS) is 3. The van der Waals surface area contributed by atoms with Crippen molar-refractivity contribution < 1.29 is 65.3 Å². The Morgan fingerprint density at radius 2 is 0.605 bits per heavy atom. The minimum absolute atomic E-state index is 0. The van der Waals surface area contributed by atoms with Gasteiger partial charge < -0.3 is 29.7 Å². The summed E-state index contributed by atoms with van der Waals surface area (Å²) < 4.78 is 0. The number of hydrogen-bond donors (Lipinski definition) is 0. The van der Waals surface area contributed by atoms with E-state index in [1.807, 2.05) is 127 Å². The van der Waals surface area contributed by atoms with Crippen LogP contribution in [0.4, 0.5) is 0 Å². The summed E-state index contributed by atoms with van der Waals surface area (Å²) in [5.41, 5.74) is 2.43. The Balaban J connectivity index is 0.000000175. The molecule has 0 aliphatic carbocycles. The molecule has 6 nitrogen and oxygen atoms in total. The molecule has 0 atom stereocenters. The second kappa shape index (κ2) is 16.4. The molecule has 210 valence electrons. The Morgan fingerprint density at radius 1 is 0.372 bits per heavy atom. The molecule has 0 spiro atoms. The summed E-state index contributed by atoms with van der Waals surface area (Å²) in [6.45, 7) is 0. The fourth-order valence-electron chi connectivity index (χ4n) is 4.81. The van der Waals surface area contributed by atoms with E-state index >= 15 is 0 Å². The molecule has 0 saturated carbocycles. The minimum Gasteiger partial charge on any atom is -0.550 e. The summed E-state index contributed by atoms with van der Waals surface area (Å²) in [5, 5.41) is 37.6. The molecule has 0 unspecified atom stereocenters. The smallest absolute Gasteiger partial charge is 0.550 e. The van der Waals surface area contributed by atoms with Gasteiger partial charge in [0.1, 0.15) is 0 Å². The minimum atomic E-state index is -1.04. The summed E-state index contributed by atoms with van der Waals surface area (Å²) in [6, 6.07) is 40.1. The van der Waals surface area contributed by atoms with Crippen molar-refractivity contribution in [3.05, 3.63) is 144 Å². The zero-order chi connectivity index (χ0) is 29.9. The van der Waals surface area contributed by atoms with Crippen molar-refractivity contribution in [3.63, 3.8) is 0 Å². The van der Waals surface area contributed by atoms with Crippen LogP contribution in [0.25, 0.3) is 32.3 Å². The van der Waals surface area contributed by atoms with Gasteiger partial charge in [0.05, 0.1) is 0 Å². The quantitative estimate of drug-likeness (QED) is 0.264. The van der Waals surface area contributed by atoms with Gasteiger partial charge in [-0.2, -0.15) is 0 Å². The number of benzene rings is 6. The zero-order valence-corrected chi connectivity index (χ0v) is 26.9. The molecule has 6 aromatic carbocycles. The summed E-state index contributed by atoms with van der Waals surface area (Å²) in [5.74, 6) is -3.12. The van der Waals surface area contributed by atoms with Gasteiger partial charge in [0.25, 0.3) is 0 Å². The monoisotopic (exact) mass is 694 g/mol. The Kier molecular flexibility index (Phi) is 12.6. The average molecular weight is 695 g/mol. The van der Waals surface area contributed by atoms with Crippen molar-refractivity contribution in [1.82, 2.24) is 0 Å². The first kappa shape index (κ1) is 33.2. The molecule has 0 amide bonds. The molecule has 0 radical (unpaired) electrons. The number of fused-ring (bicyclic) bond motifs is 3. The Bertz CT molecular complexity index is 1630. The molecule has 0 saturated heterocycles. The first-order valence-corrected chi connectivity index (χ1v) is 13.3. The number of hydrogen-bond acceptors (Lipinski definition) is 6. The normalized spacial score (nSPS) is 10.0. The molecular weight excluding hydrogens is 667 g/mol. The molecule has 0 fully saturated rings. The molecule has 6 aromatic rings. The molecule has 0 aromatic heterocycles. The molecule has 0 aliphatic rings. The molecule has 43 heavy (non-hydrogen) atoms.